The second-order valence-corrected chi connectivity index (χ2v) is 6.11. The first-order valence-corrected chi connectivity index (χ1v) is 7.52. The normalized spacial score (nSPS) is 21.5. The van der Waals surface area contributed by atoms with E-state index in [2.05, 4.69) is 0 Å². The number of carbonyl (C=O) groups is 2. The molecule has 1 amide bonds. The zero-order valence-electron chi connectivity index (χ0n) is 13.5. The number of carboxylic acid groups (broad SMARTS) is 1. The van der Waals surface area contributed by atoms with Gasteiger partial charge in [0.1, 0.15) is 5.75 Å². The van der Waals surface area contributed by atoms with Gasteiger partial charge < -0.3 is 14.7 Å². The van der Waals surface area contributed by atoms with Gasteiger partial charge in [0.25, 0.3) is 5.91 Å². The second-order valence-electron chi connectivity index (χ2n) is 6.11. The topological polar surface area (TPSA) is 66.8 Å². The number of ether oxygens (including phenoxy) is 1. The van der Waals surface area contributed by atoms with E-state index in [0.717, 1.165) is 16.9 Å². The zero-order chi connectivity index (χ0) is 16.4. The van der Waals surface area contributed by atoms with Gasteiger partial charge in [0.2, 0.25) is 0 Å². The van der Waals surface area contributed by atoms with Crippen molar-refractivity contribution in [2.24, 2.45) is 11.8 Å². The number of benzene rings is 1. The maximum absolute atomic E-state index is 12.7. The van der Waals surface area contributed by atoms with Gasteiger partial charge >= 0.3 is 5.97 Å². The van der Waals surface area contributed by atoms with E-state index in [1.54, 1.807) is 12.0 Å². The van der Waals surface area contributed by atoms with Gasteiger partial charge in [-0.1, -0.05) is 6.92 Å². The van der Waals surface area contributed by atoms with Crippen molar-refractivity contribution in [2.75, 3.05) is 20.2 Å². The lowest BCUT2D eigenvalue weighted by Crippen LogP contribution is -2.45. The maximum atomic E-state index is 12.7. The van der Waals surface area contributed by atoms with Gasteiger partial charge in [0, 0.05) is 18.7 Å². The first-order chi connectivity index (χ1) is 10.3. The molecule has 1 aromatic carbocycles. The molecule has 1 aromatic rings. The molecule has 1 aliphatic heterocycles. The fraction of sp³-hybridized carbons (Fsp3) is 0.529. The maximum Gasteiger partial charge on any atom is 0.306 e. The Kier molecular flexibility index (Phi) is 4.74. The number of carboxylic acids is 1. The highest BCUT2D eigenvalue weighted by molar-refractivity contribution is 5.95. The first-order valence-electron chi connectivity index (χ1n) is 7.52. The van der Waals surface area contributed by atoms with Crippen LogP contribution in [0.2, 0.25) is 0 Å². The van der Waals surface area contributed by atoms with Gasteiger partial charge in [-0.15, -0.1) is 0 Å². The average molecular weight is 305 g/mol. The highest BCUT2D eigenvalue weighted by Crippen LogP contribution is 2.28. The van der Waals surface area contributed by atoms with Crippen molar-refractivity contribution in [3.8, 4) is 5.75 Å². The second kappa shape index (κ2) is 6.38. The number of hydrogen-bond acceptors (Lipinski definition) is 3. The van der Waals surface area contributed by atoms with Crippen molar-refractivity contribution >= 4 is 11.9 Å². The molecule has 0 spiro atoms. The van der Waals surface area contributed by atoms with Gasteiger partial charge in [-0.05, 0) is 49.4 Å². The van der Waals surface area contributed by atoms with E-state index in [1.807, 2.05) is 32.9 Å². The Labute approximate surface area is 130 Å². The molecule has 22 heavy (non-hydrogen) atoms. The number of methoxy groups -OCH3 is 1. The molecule has 0 aliphatic carbocycles. The molecule has 1 heterocycles. The summed E-state index contributed by atoms with van der Waals surface area (Å²) >= 11 is 0. The summed E-state index contributed by atoms with van der Waals surface area (Å²) in [5.74, 6) is -0.395. The summed E-state index contributed by atoms with van der Waals surface area (Å²) < 4.78 is 5.32. The average Bonchev–Trinajstić information content (AvgIpc) is 2.45. The van der Waals surface area contributed by atoms with Crippen molar-refractivity contribution in [1.82, 2.24) is 4.90 Å². The highest BCUT2D eigenvalue weighted by Gasteiger charge is 2.33. The van der Waals surface area contributed by atoms with Gasteiger partial charge in [0.15, 0.2) is 0 Å². The third-order valence-corrected chi connectivity index (χ3v) is 4.42. The molecule has 5 heteroatoms. The van der Waals surface area contributed by atoms with Crippen LogP contribution in [0.4, 0.5) is 0 Å². The summed E-state index contributed by atoms with van der Waals surface area (Å²) in [6, 6.07) is 3.67. The van der Waals surface area contributed by atoms with Crippen LogP contribution in [0.5, 0.6) is 5.75 Å². The lowest BCUT2D eigenvalue weighted by Gasteiger charge is -2.35. The summed E-state index contributed by atoms with van der Waals surface area (Å²) in [6.07, 6.45) is 0.510. The Morgan fingerprint density at radius 1 is 1.27 bits per heavy atom. The molecule has 1 fully saturated rings. The molecular weight excluding hydrogens is 282 g/mol. The van der Waals surface area contributed by atoms with E-state index in [0.29, 0.717) is 25.1 Å². The minimum atomic E-state index is -0.768. The Hall–Kier alpha value is -2.04. The zero-order valence-corrected chi connectivity index (χ0v) is 13.5. The van der Waals surface area contributed by atoms with Crippen LogP contribution < -0.4 is 4.74 Å². The molecule has 0 aromatic heterocycles. The van der Waals surface area contributed by atoms with Gasteiger partial charge in [0.05, 0.1) is 13.0 Å². The van der Waals surface area contributed by atoms with Crippen LogP contribution in [0.15, 0.2) is 12.1 Å². The number of nitrogens with zero attached hydrogens (tertiary/aromatic N) is 1. The Morgan fingerprint density at radius 2 is 1.86 bits per heavy atom. The monoisotopic (exact) mass is 305 g/mol. The number of rotatable bonds is 3. The molecule has 2 atom stereocenters. The molecule has 5 nitrogen and oxygen atoms in total. The van der Waals surface area contributed by atoms with Crippen molar-refractivity contribution in [3.63, 3.8) is 0 Å². The van der Waals surface area contributed by atoms with Crippen LogP contribution >= 0.6 is 0 Å². The van der Waals surface area contributed by atoms with Crippen LogP contribution in [0.25, 0.3) is 0 Å². The minimum Gasteiger partial charge on any atom is -0.496 e. The third kappa shape index (κ3) is 3.08. The molecule has 120 valence electrons. The molecule has 1 N–H and O–H groups in total. The predicted octanol–water partition coefficient (Wildman–Crippen LogP) is 2.49. The number of likely N-dealkylation sites (tertiary alicyclic amines) is 1. The first kappa shape index (κ1) is 16.3. The molecule has 1 saturated heterocycles. The fourth-order valence-corrected chi connectivity index (χ4v) is 3.28. The highest BCUT2D eigenvalue weighted by atomic mass is 16.5. The standard InChI is InChI=1S/C17H23NO4/c1-10-7-13(8-11(2)15(10)22-4)16(19)18-6-5-14(17(20)21)12(3)9-18/h7-8,12,14H,5-6,9H2,1-4H3,(H,20,21). The van der Waals surface area contributed by atoms with E-state index >= 15 is 0 Å². The van der Waals surface area contributed by atoms with Crippen LogP contribution in [0.3, 0.4) is 0 Å². The summed E-state index contributed by atoms with van der Waals surface area (Å²) in [7, 11) is 1.62. The van der Waals surface area contributed by atoms with Crippen molar-refractivity contribution < 1.29 is 19.4 Å². The molecular formula is C17H23NO4. The number of piperidine rings is 1. The Bertz CT molecular complexity index is 573. The van der Waals surface area contributed by atoms with Crippen molar-refractivity contribution in [1.29, 1.82) is 0 Å². The lowest BCUT2D eigenvalue weighted by atomic mass is 9.86. The van der Waals surface area contributed by atoms with Crippen LogP contribution in [0, 0.1) is 25.7 Å². The third-order valence-electron chi connectivity index (χ3n) is 4.42. The van der Waals surface area contributed by atoms with E-state index in [1.165, 1.54) is 0 Å². The number of amides is 1. The molecule has 0 saturated carbocycles. The van der Waals surface area contributed by atoms with Gasteiger partial charge in [-0.25, -0.2) is 0 Å². The summed E-state index contributed by atoms with van der Waals surface area (Å²) in [5, 5.41) is 9.16. The largest absolute Gasteiger partial charge is 0.496 e. The number of aryl methyl sites for hydroxylation is 2. The SMILES string of the molecule is COc1c(C)cc(C(=O)N2CCC(C(=O)O)C(C)C2)cc1C. The molecule has 1 aliphatic rings. The Balaban J connectivity index is 2.18. The molecule has 2 rings (SSSR count). The van der Waals surface area contributed by atoms with E-state index in [-0.39, 0.29) is 17.7 Å². The quantitative estimate of drug-likeness (QED) is 0.931. The molecule has 0 bridgehead atoms. The van der Waals surface area contributed by atoms with Crippen LogP contribution in [-0.4, -0.2) is 42.1 Å². The predicted molar refractivity (Wildman–Crippen MR) is 83.3 cm³/mol. The fourth-order valence-electron chi connectivity index (χ4n) is 3.28. The molecule has 2 unspecified atom stereocenters. The number of hydrogen-bond donors (Lipinski definition) is 1. The van der Waals surface area contributed by atoms with Gasteiger partial charge in [-0.2, -0.15) is 0 Å². The van der Waals surface area contributed by atoms with E-state index < -0.39 is 5.97 Å². The van der Waals surface area contributed by atoms with Crippen molar-refractivity contribution in [3.05, 3.63) is 28.8 Å². The smallest absolute Gasteiger partial charge is 0.306 e. The van der Waals surface area contributed by atoms with Gasteiger partial charge in [-0.3, -0.25) is 9.59 Å². The number of aliphatic carboxylic acids is 1. The van der Waals surface area contributed by atoms with Crippen LogP contribution in [0.1, 0.15) is 34.8 Å². The summed E-state index contributed by atoms with van der Waals surface area (Å²) in [4.78, 5) is 25.6. The van der Waals surface area contributed by atoms with E-state index in [4.69, 9.17) is 9.84 Å². The lowest BCUT2D eigenvalue weighted by molar-refractivity contribution is -0.145. The Morgan fingerprint density at radius 3 is 2.32 bits per heavy atom. The van der Waals surface area contributed by atoms with E-state index in [9.17, 15) is 9.59 Å². The number of carbonyl (C=O) groups excluding carboxylic acids is 1. The van der Waals surface area contributed by atoms with Crippen molar-refractivity contribution in [2.45, 2.75) is 27.2 Å². The van der Waals surface area contributed by atoms with Crippen LogP contribution in [-0.2, 0) is 4.79 Å². The minimum absolute atomic E-state index is 0.0318. The molecule has 0 radical (unpaired) electrons. The summed E-state index contributed by atoms with van der Waals surface area (Å²) in [6.45, 7) is 6.71. The summed E-state index contributed by atoms with van der Waals surface area (Å²) in [5.41, 5.74) is 2.50.